The molecular formula is C11H18BN3O2. The van der Waals surface area contributed by atoms with Gasteiger partial charge in [-0.3, -0.25) is 0 Å². The number of nitrogens with zero attached hydrogens (tertiary/aromatic N) is 3. The quantitative estimate of drug-likeness (QED) is 0.618. The van der Waals surface area contributed by atoms with Crippen molar-refractivity contribution in [1.29, 1.82) is 0 Å². The Bertz CT molecular complexity index is 436. The molecule has 6 heteroatoms. The monoisotopic (exact) mass is 235 g/mol. The second-order valence-corrected chi connectivity index (χ2v) is 5.39. The molecule has 0 radical (unpaired) electrons. The standard InChI is InChI=1S/C11H18BN3O2/c1-11(2,3)17-10(16)14-5-4-8-6-13-15(12)9(8)7-14/h6H,4-5,7,12H2,1-3H3. The SMILES string of the molecule is Bn1ncc2c1CN(C(=O)OC(C)(C)C)CC2. The number of ether oxygens (including phenoxy) is 1. The first-order chi connectivity index (χ1) is 7.87. The van der Waals surface area contributed by atoms with Gasteiger partial charge in [-0.25, -0.2) is 4.79 Å². The van der Waals surface area contributed by atoms with Gasteiger partial charge < -0.3 is 14.2 Å². The highest BCUT2D eigenvalue weighted by molar-refractivity contribution is 6.06. The minimum atomic E-state index is -0.441. The normalized spacial score (nSPS) is 15.6. The summed E-state index contributed by atoms with van der Waals surface area (Å²) in [5.74, 6) is 0. The Balaban J connectivity index is 2.07. The van der Waals surface area contributed by atoms with Crippen molar-refractivity contribution >= 4 is 14.1 Å². The Labute approximate surface area is 102 Å². The van der Waals surface area contributed by atoms with Gasteiger partial charge in [-0.05, 0) is 32.8 Å². The lowest BCUT2D eigenvalue weighted by molar-refractivity contribution is 0.0221. The molecule has 0 aromatic carbocycles. The lowest BCUT2D eigenvalue weighted by Gasteiger charge is -2.30. The van der Waals surface area contributed by atoms with Gasteiger partial charge in [-0.1, -0.05) is 0 Å². The van der Waals surface area contributed by atoms with Crippen molar-refractivity contribution in [1.82, 2.24) is 14.6 Å². The van der Waals surface area contributed by atoms with Crippen molar-refractivity contribution in [2.75, 3.05) is 6.54 Å². The van der Waals surface area contributed by atoms with E-state index in [4.69, 9.17) is 4.74 Å². The summed E-state index contributed by atoms with van der Waals surface area (Å²) in [4.78, 5) is 13.7. The number of rotatable bonds is 0. The largest absolute Gasteiger partial charge is 0.444 e. The van der Waals surface area contributed by atoms with Crippen LogP contribution in [0.1, 0.15) is 32.0 Å². The molecule has 17 heavy (non-hydrogen) atoms. The van der Waals surface area contributed by atoms with Gasteiger partial charge in [0.25, 0.3) is 0 Å². The zero-order valence-electron chi connectivity index (χ0n) is 10.9. The highest BCUT2D eigenvalue weighted by atomic mass is 16.6. The van der Waals surface area contributed by atoms with Crippen molar-refractivity contribution < 1.29 is 9.53 Å². The fourth-order valence-corrected chi connectivity index (χ4v) is 1.92. The topological polar surface area (TPSA) is 47.4 Å². The minimum absolute atomic E-state index is 0.246. The van der Waals surface area contributed by atoms with Crippen molar-refractivity contribution in [2.45, 2.75) is 39.3 Å². The summed E-state index contributed by atoms with van der Waals surface area (Å²) in [6, 6.07) is 0. The van der Waals surface area contributed by atoms with Crippen LogP contribution in [-0.4, -0.2) is 40.8 Å². The van der Waals surface area contributed by atoms with Crippen molar-refractivity contribution in [3.05, 3.63) is 17.5 Å². The van der Waals surface area contributed by atoms with Crippen LogP contribution in [0.15, 0.2) is 6.20 Å². The van der Waals surface area contributed by atoms with Crippen LogP contribution in [0.2, 0.25) is 0 Å². The van der Waals surface area contributed by atoms with Crippen LogP contribution < -0.4 is 0 Å². The van der Waals surface area contributed by atoms with Gasteiger partial charge in [0.1, 0.15) is 5.60 Å². The molecule has 0 aliphatic carbocycles. The summed E-state index contributed by atoms with van der Waals surface area (Å²) in [7, 11) is 1.90. The van der Waals surface area contributed by atoms with E-state index in [-0.39, 0.29) is 6.09 Å². The molecule has 5 nitrogen and oxygen atoms in total. The van der Waals surface area contributed by atoms with Crippen LogP contribution in [-0.2, 0) is 17.7 Å². The number of fused-ring (bicyclic) bond motifs is 1. The second kappa shape index (κ2) is 4.09. The highest BCUT2D eigenvalue weighted by Crippen LogP contribution is 2.19. The molecule has 2 heterocycles. The molecule has 0 unspecified atom stereocenters. The molecule has 1 amide bonds. The number of carbonyl (C=O) groups is 1. The highest BCUT2D eigenvalue weighted by Gasteiger charge is 2.26. The van der Waals surface area contributed by atoms with Crippen LogP contribution in [0.4, 0.5) is 4.79 Å². The lowest BCUT2D eigenvalue weighted by atomic mass is 10.1. The Kier molecular flexibility index (Phi) is 2.89. The third-order valence-corrected chi connectivity index (χ3v) is 2.79. The van der Waals surface area contributed by atoms with Gasteiger partial charge in [0, 0.05) is 12.2 Å². The number of amides is 1. The molecule has 92 valence electrons. The lowest BCUT2D eigenvalue weighted by Crippen LogP contribution is -2.40. The van der Waals surface area contributed by atoms with E-state index < -0.39 is 5.60 Å². The summed E-state index contributed by atoms with van der Waals surface area (Å²) < 4.78 is 7.19. The van der Waals surface area contributed by atoms with Crippen LogP contribution in [0.25, 0.3) is 0 Å². The molecule has 0 fully saturated rings. The first-order valence-electron chi connectivity index (χ1n) is 5.84. The first-order valence-corrected chi connectivity index (χ1v) is 5.84. The van der Waals surface area contributed by atoms with Crippen LogP contribution >= 0.6 is 0 Å². The van der Waals surface area contributed by atoms with Crippen molar-refractivity contribution in [3.63, 3.8) is 0 Å². The first kappa shape index (κ1) is 12.0. The second-order valence-electron chi connectivity index (χ2n) is 5.39. The molecule has 0 N–H and O–H groups in total. The van der Waals surface area contributed by atoms with Gasteiger partial charge in [-0.2, -0.15) is 5.10 Å². The van der Waals surface area contributed by atoms with Crippen molar-refractivity contribution in [2.24, 2.45) is 0 Å². The zero-order chi connectivity index (χ0) is 12.6. The van der Waals surface area contributed by atoms with Crippen molar-refractivity contribution in [3.8, 4) is 0 Å². The van der Waals surface area contributed by atoms with Crippen LogP contribution in [0.3, 0.4) is 0 Å². The number of aromatic nitrogens is 2. The molecule has 0 saturated heterocycles. The van der Waals surface area contributed by atoms with Crippen LogP contribution in [0.5, 0.6) is 0 Å². The minimum Gasteiger partial charge on any atom is -0.444 e. The summed E-state index contributed by atoms with van der Waals surface area (Å²) in [6.45, 7) is 6.92. The van der Waals surface area contributed by atoms with Crippen LogP contribution in [0, 0.1) is 0 Å². The Hall–Kier alpha value is -1.46. The maximum absolute atomic E-state index is 11.9. The van der Waals surface area contributed by atoms with E-state index in [0.29, 0.717) is 13.1 Å². The molecule has 0 atom stereocenters. The molecule has 1 aromatic heterocycles. The number of hydrogen-bond donors (Lipinski definition) is 0. The molecule has 1 aliphatic rings. The summed E-state index contributed by atoms with van der Waals surface area (Å²) in [5.41, 5.74) is 1.89. The Morgan fingerprint density at radius 1 is 1.53 bits per heavy atom. The predicted molar refractivity (Wildman–Crippen MR) is 66.5 cm³/mol. The molecule has 0 saturated carbocycles. The number of carbonyl (C=O) groups excluding carboxylic acids is 1. The Morgan fingerprint density at radius 2 is 2.24 bits per heavy atom. The van der Waals surface area contributed by atoms with E-state index in [9.17, 15) is 4.79 Å². The van der Waals surface area contributed by atoms with Gasteiger partial charge >= 0.3 is 6.09 Å². The molecule has 2 rings (SSSR count). The van der Waals surface area contributed by atoms with Gasteiger partial charge in [-0.15, -0.1) is 0 Å². The molecule has 0 bridgehead atoms. The summed E-state index contributed by atoms with van der Waals surface area (Å²) in [6.07, 6.45) is 2.48. The number of hydrogen-bond acceptors (Lipinski definition) is 3. The van der Waals surface area contributed by atoms with Gasteiger partial charge in [0.2, 0.25) is 7.98 Å². The molecule has 0 spiro atoms. The summed E-state index contributed by atoms with van der Waals surface area (Å²) in [5, 5.41) is 4.20. The van der Waals surface area contributed by atoms with Gasteiger partial charge in [0.15, 0.2) is 0 Å². The molecular weight excluding hydrogens is 217 g/mol. The van der Waals surface area contributed by atoms with E-state index in [1.165, 1.54) is 5.56 Å². The average Bonchev–Trinajstić information content (AvgIpc) is 2.57. The van der Waals surface area contributed by atoms with E-state index >= 15 is 0 Å². The fourth-order valence-electron chi connectivity index (χ4n) is 1.92. The van der Waals surface area contributed by atoms with E-state index in [1.54, 1.807) is 4.90 Å². The third kappa shape index (κ3) is 2.62. The summed E-state index contributed by atoms with van der Waals surface area (Å²) >= 11 is 0. The van der Waals surface area contributed by atoms with Gasteiger partial charge in [0.05, 0.1) is 12.7 Å². The molecule has 1 aromatic rings. The van der Waals surface area contributed by atoms with E-state index in [0.717, 1.165) is 12.1 Å². The van der Waals surface area contributed by atoms with E-state index in [2.05, 4.69) is 5.10 Å². The maximum atomic E-state index is 11.9. The fraction of sp³-hybridized carbons (Fsp3) is 0.636. The maximum Gasteiger partial charge on any atom is 0.410 e. The third-order valence-electron chi connectivity index (χ3n) is 2.79. The predicted octanol–water partition coefficient (Wildman–Crippen LogP) is 0.572. The smallest absolute Gasteiger partial charge is 0.410 e. The zero-order valence-corrected chi connectivity index (χ0v) is 10.9. The Morgan fingerprint density at radius 3 is 2.88 bits per heavy atom. The average molecular weight is 235 g/mol. The van der Waals surface area contributed by atoms with E-state index in [1.807, 2.05) is 39.5 Å². The molecule has 1 aliphatic heterocycles.